The molecule has 1 fully saturated rings. The van der Waals surface area contributed by atoms with Gasteiger partial charge in [-0.1, -0.05) is 6.92 Å². The maximum Gasteiger partial charge on any atom is 0.244 e. The second kappa shape index (κ2) is 6.11. The zero-order chi connectivity index (χ0) is 14.8. The molecule has 0 spiro atoms. The molecule has 5 nitrogen and oxygen atoms in total. The highest BCUT2D eigenvalue weighted by molar-refractivity contribution is 7.89. The number of hydrogen-bond donors (Lipinski definition) is 1. The molecule has 0 amide bonds. The van der Waals surface area contributed by atoms with Crippen molar-refractivity contribution in [2.45, 2.75) is 37.8 Å². The summed E-state index contributed by atoms with van der Waals surface area (Å²) in [6, 6.07) is 1.70. The smallest absolute Gasteiger partial charge is 0.244 e. The van der Waals surface area contributed by atoms with Gasteiger partial charge in [0.2, 0.25) is 10.0 Å². The lowest BCUT2D eigenvalue weighted by Gasteiger charge is -2.37. The Labute approximate surface area is 125 Å². The van der Waals surface area contributed by atoms with Gasteiger partial charge in [0.05, 0.1) is 17.1 Å². The Bertz CT molecular complexity index is 552. The fourth-order valence-corrected chi connectivity index (χ4v) is 5.20. The van der Waals surface area contributed by atoms with Crippen LogP contribution in [0.25, 0.3) is 0 Å². The van der Waals surface area contributed by atoms with Crippen molar-refractivity contribution in [2.75, 3.05) is 26.2 Å². The third-order valence-electron chi connectivity index (χ3n) is 3.25. The lowest BCUT2D eigenvalue weighted by molar-refractivity contribution is -0.0640. The molecule has 0 bridgehead atoms. The number of rotatable bonds is 5. The second-order valence-corrected chi connectivity index (χ2v) is 8.34. The molecule has 0 radical (unpaired) electrons. The molecule has 1 aromatic heterocycles. The van der Waals surface area contributed by atoms with Crippen LogP contribution in [0.3, 0.4) is 0 Å². The van der Waals surface area contributed by atoms with Gasteiger partial charge in [0.15, 0.2) is 0 Å². The molecule has 7 heteroatoms. The molecule has 1 aliphatic rings. The van der Waals surface area contributed by atoms with Gasteiger partial charge < -0.3 is 10.1 Å². The number of ether oxygens (including phenoxy) is 1. The molecule has 0 saturated carbocycles. The third kappa shape index (κ3) is 3.40. The maximum atomic E-state index is 12.8. The van der Waals surface area contributed by atoms with Gasteiger partial charge >= 0.3 is 0 Å². The van der Waals surface area contributed by atoms with Crippen LogP contribution in [0.15, 0.2) is 16.3 Å². The number of morpholine rings is 1. The summed E-state index contributed by atoms with van der Waals surface area (Å²) in [5.41, 5.74) is -0.427. The minimum absolute atomic E-state index is 0.395. The molecular formula is C13H22N2O3S2. The molecular weight excluding hydrogens is 296 g/mol. The number of hydrogen-bond acceptors (Lipinski definition) is 5. The molecule has 1 aliphatic heterocycles. The maximum absolute atomic E-state index is 12.8. The summed E-state index contributed by atoms with van der Waals surface area (Å²) in [7, 11) is -3.43. The SMILES string of the molecule is CCNCc1sccc1S(=O)(=O)N1CCOC(C)(C)C1. The molecule has 0 atom stereocenters. The first-order valence-corrected chi connectivity index (χ1v) is 9.10. The van der Waals surface area contributed by atoms with Gasteiger partial charge in [0.25, 0.3) is 0 Å². The zero-order valence-corrected chi connectivity index (χ0v) is 13.8. The summed E-state index contributed by atoms with van der Waals surface area (Å²) < 4.78 is 32.7. The summed E-state index contributed by atoms with van der Waals surface area (Å²) in [5.74, 6) is 0. The zero-order valence-electron chi connectivity index (χ0n) is 12.2. The fraction of sp³-hybridized carbons (Fsp3) is 0.692. The Balaban J connectivity index is 2.24. The molecule has 20 heavy (non-hydrogen) atoms. The first kappa shape index (κ1) is 15.9. The molecule has 2 rings (SSSR count). The summed E-state index contributed by atoms with van der Waals surface area (Å²) in [6.07, 6.45) is 0. The van der Waals surface area contributed by atoms with Crippen molar-refractivity contribution in [3.05, 3.63) is 16.3 Å². The van der Waals surface area contributed by atoms with Gasteiger partial charge in [-0.25, -0.2) is 8.42 Å². The highest BCUT2D eigenvalue weighted by Crippen LogP contribution is 2.28. The standard InChI is InChI=1S/C13H22N2O3S2/c1-4-14-9-11-12(5-8-19-11)20(16,17)15-6-7-18-13(2,3)10-15/h5,8,14H,4,6-7,9-10H2,1-3H3. The summed E-state index contributed by atoms with van der Waals surface area (Å²) in [6.45, 7) is 8.52. The normalized spacial score (nSPS) is 20.1. The quantitative estimate of drug-likeness (QED) is 0.897. The van der Waals surface area contributed by atoms with Crippen molar-refractivity contribution in [2.24, 2.45) is 0 Å². The van der Waals surface area contributed by atoms with E-state index in [1.165, 1.54) is 15.6 Å². The summed E-state index contributed by atoms with van der Waals surface area (Å²) >= 11 is 1.48. The minimum atomic E-state index is -3.43. The number of nitrogens with zero attached hydrogens (tertiary/aromatic N) is 1. The first-order chi connectivity index (χ1) is 9.37. The largest absolute Gasteiger partial charge is 0.373 e. The predicted octanol–water partition coefficient (Wildman–Crippen LogP) is 1.66. The van der Waals surface area contributed by atoms with E-state index in [0.29, 0.717) is 31.1 Å². The average molecular weight is 318 g/mol. The molecule has 0 unspecified atom stereocenters. The van der Waals surface area contributed by atoms with Crippen molar-refractivity contribution in [3.63, 3.8) is 0 Å². The van der Waals surface area contributed by atoms with E-state index in [1.54, 1.807) is 6.07 Å². The fourth-order valence-electron chi connectivity index (χ4n) is 2.24. The van der Waals surface area contributed by atoms with Crippen LogP contribution in [0.1, 0.15) is 25.6 Å². The van der Waals surface area contributed by atoms with E-state index in [-0.39, 0.29) is 0 Å². The van der Waals surface area contributed by atoms with Crippen molar-refractivity contribution >= 4 is 21.4 Å². The van der Waals surface area contributed by atoms with E-state index in [2.05, 4.69) is 5.32 Å². The Morgan fingerprint density at radius 2 is 2.25 bits per heavy atom. The van der Waals surface area contributed by atoms with Gasteiger partial charge in [-0.05, 0) is 31.8 Å². The van der Waals surface area contributed by atoms with Crippen molar-refractivity contribution in [1.82, 2.24) is 9.62 Å². The molecule has 114 valence electrons. The van der Waals surface area contributed by atoms with E-state index in [4.69, 9.17) is 4.74 Å². The van der Waals surface area contributed by atoms with Crippen LogP contribution < -0.4 is 5.32 Å². The van der Waals surface area contributed by atoms with E-state index < -0.39 is 15.6 Å². The van der Waals surface area contributed by atoms with Crippen molar-refractivity contribution in [3.8, 4) is 0 Å². The van der Waals surface area contributed by atoms with Gasteiger partial charge in [-0.15, -0.1) is 11.3 Å². The monoisotopic (exact) mass is 318 g/mol. The molecule has 1 saturated heterocycles. The van der Waals surface area contributed by atoms with Crippen LogP contribution in [-0.4, -0.2) is 44.6 Å². The minimum Gasteiger partial charge on any atom is -0.373 e. The van der Waals surface area contributed by atoms with Crippen molar-refractivity contribution in [1.29, 1.82) is 0 Å². The number of thiophene rings is 1. The topological polar surface area (TPSA) is 58.6 Å². The van der Waals surface area contributed by atoms with Crippen molar-refractivity contribution < 1.29 is 13.2 Å². The lowest BCUT2D eigenvalue weighted by atomic mass is 10.1. The van der Waals surface area contributed by atoms with Crippen LogP contribution in [0, 0.1) is 0 Å². The number of sulfonamides is 1. The van der Waals surface area contributed by atoms with Gasteiger partial charge in [0.1, 0.15) is 0 Å². The molecule has 1 aromatic rings. The molecule has 0 aromatic carbocycles. The Hall–Kier alpha value is -0.470. The third-order valence-corrected chi connectivity index (χ3v) is 6.23. The summed E-state index contributed by atoms with van der Waals surface area (Å²) in [4.78, 5) is 1.30. The van der Waals surface area contributed by atoms with Crippen LogP contribution in [0.2, 0.25) is 0 Å². The van der Waals surface area contributed by atoms with Crippen LogP contribution >= 0.6 is 11.3 Å². The van der Waals surface area contributed by atoms with Crippen LogP contribution in [0.5, 0.6) is 0 Å². The lowest BCUT2D eigenvalue weighted by Crippen LogP contribution is -2.50. The molecule has 1 N–H and O–H groups in total. The Morgan fingerprint density at radius 3 is 2.90 bits per heavy atom. The first-order valence-electron chi connectivity index (χ1n) is 6.78. The highest BCUT2D eigenvalue weighted by atomic mass is 32.2. The summed E-state index contributed by atoms with van der Waals surface area (Å²) in [5, 5.41) is 5.02. The number of nitrogens with one attached hydrogen (secondary N) is 1. The average Bonchev–Trinajstić information content (AvgIpc) is 2.84. The highest BCUT2D eigenvalue weighted by Gasteiger charge is 2.36. The van der Waals surface area contributed by atoms with Crippen LogP contribution in [-0.2, 0) is 21.3 Å². The van der Waals surface area contributed by atoms with Crippen LogP contribution in [0.4, 0.5) is 0 Å². The predicted molar refractivity (Wildman–Crippen MR) is 80.5 cm³/mol. The van der Waals surface area contributed by atoms with E-state index in [1.807, 2.05) is 26.2 Å². The Kier molecular flexibility index (Phi) is 4.86. The molecule has 0 aliphatic carbocycles. The van der Waals surface area contributed by atoms with Gasteiger partial charge in [0, 0.05) is 24.5 Å². The second-order valence-electron chi connectivity index (χ2n) is 5.44. The van der Waals surface area contributed by atoms with E-state index in [9.17, 15) is 8.42 Å². The van der Waals surface area contributed by atoms with Gasteiger partial charge in [-0.2, -0.15) is 4.31 Å². The molecule has 2 heterocycles. The van der Waals surface area contributed by atoms with Gasteiger partial charge in [-0.3, -0.25) is 0 Å². The van der Waals surface area contributed by atoms with E-state index >= 15 is 0 Å². The van der Waals surface area contributed by atoms with E-state index in [0.717, 1.165) is 11.4 Å². The Morgan fingerprint density at radius 1 is 1.50 bits per heavy atom.